The molecule has 0 spiro atoms. The SMILES string of the molecule is CC(=O)NCc1ccc(-c2nc(NC(=O)C(C)c3c(C)noc3C)sc2C)s1. The van der Waals surface area contributed by atoms with E-state index in [4.69, 9.17) is 4.52 Å². The first kappa shape index (κ1) is 20.2. The zero-order valence-electron chi connectivity index (χ0n) is 16.4. The second-order valence-electron chi connectivity index (χ2n) is 6.55. The van der Waals surface area contributed by atoms with Crippen LogP contribution in [0.2, 0.25) is 0 Å². The number of hydrogen-bond donors (Lipinski definition) is 2. The smallest absolute Gasteiger partial charge is 0.233 e. The van der Waals surface area contributed by atoms with Crippen LogP contribution in [-0.2, 0) is 16.1 Å². The van der Waals surface area contributed by atoms with E-state index in [1.54, 1.807) is 18.3 Å². The second-order valence-corrected chi connectivity index (χ2v) is 8.92. The number of thiazole rings is 1. The molecule has 3 aromatic heterocycles. The highest BCUT2D eigenvalue weighted by Gasteiger charge is 2.24. The van der Waals surface area contributed by atoms with Crippen molar-refractivity contribution in [3.8, 4) is 10.6 Å². The highest BCUT2D eigenvalue weighted by Crippen LogP contribution is 2.35. The van der Waals surface area contributed by atoms with E-state index in [0.717, 1.165) is 31.6 Å². The molecule has 0 fully saturated rings. The largest absolute Gasteiger partial charge is 0.361 e. The highest BCUT2D eigenvalue weighted by molar-refractivity contribution is 7.18. The van der Waals surface area contributed by atoms with Crippen LogP contribution in [0, 0.1) is 20.8 Å². The molecule has 0 radical (unpaired) electrons. The van der Waals surface area contributed by atoms with E-state index in [1.165, 1.54) is 18.3 Å². The maximum atomic E-state index is 12.7. The Hall–Kier alpha value is -2.52. The van der Waals surface area contributed by atoms with Crippen molar-refractivity contribution in [2.75, 3.05) is 5.32 Å². The summed E-state index contributed by atoms with van der Waals surface area (Å²) in [6.07, 6.45) is 0. The van der Waals surface area contributed by atoms with Crippen LogP contribution in [0.25, 0.3) is 10.6 Å². The van der Waals surface area contributed by atoms with E-state index in [0.29, 0.717) is 17.4 Å². The van der Waals surface area contributed by atoms with Gasteiger partial charge in [0, 0.05) is 22.2 Å². The fraction of sp³-hybridized carbons (Fsp3) is 0.368. The molecule has 3 heterocycles. The molecule has 9 heteroatoms. The minimum absolute atomic E-state index is 0.0581. The number of aromatic nitrogens is 2. The molecule has 0 saturated heterocycles. The average Bonchev–Trinajstić information content (AvgIpc) is 3.32. The summed E-state index contributed by atoms with van der Waals surface area (Å²) in [5, 5.41) is 10.2. The van der Waals surface area contributed by atoms with Crippen LogP contribution < -0.4 is 10.6 Å². The van der Waals surface area contributed by atoms with Crippen molar-refractivity contribution >= 4 is 39.6 Å². The van der Waals surface area contributed by atoms with Crippen molar-refractivity contribution < 1.29 is 14.1 Å². The second kappa shape index (κ2) is 8.24. The van der Waals surface area contributed by atoms with Crippen molar-refractivity contribution in [1.29, 1.82) is 0 Å². The molecule has 28 heavy (non-hydrogen) atoms. The summed E-state index contributed by atoms with van der Waals surface area (Å²) < 4.78 is 5.17. The number of amides is 2. The first-order valence-electron chi connectivity index (χ1n) is 8.80. The number of carbonyl (C=O) groups excluding carboxylic acids is 2. The van der Waals surface area contributed by atoms with Crippen LogP contribution in [0.1, 0.15) is 46.5 Å². The maximum absolute atomic E-state index is 12.7. The third-order valence-electron chi connectivity index (χ3n) is 4.35. The molecule has 0 aliphatic heterocycles. The molecular weight excluding hydrogens is 396 g/mol. The Labute approximate surface area is 171 Å². The van der Waals surface area contributed by atoms with Crippen molar-refractivity contribution in [2.45, 2.75) is 47.1 Å². The molecule has 2 amide bonds. The van der Waals surface area contributed by atoms with Crippen LogP contribution in [0.5, 0.6) is 0 Å². The van der Waals surface area contributed by atoms with E-state index >= 15 is 0 Å². The van der Waals surface area contributed by atoms with E-state index < -0.39 is 0 Å². The highest BCUT2D eigenvalue weighted by atomic mass is 32.1. The van der Waals surface area contributed by atoms with Gasteiger partial charge < -0.3 is 15.2 Å². The van der Waals surface area contributed by atoms with Gasteiger partial charge in [-0.1, -0.05) is 5.16 Å². The predicted octanol–water partition coefficient (Wildman–Crippen LogP) is 4.16. The van der Waals surface area contributed by atoms with Gasteiger partial charge in [0.1, 0.15) is 5.76 Å². The Balaban J connectivity index is 1.73. The molecule has 2 N–H and O–H groups in total. The monoisotopic (exact) mass is 418 g/mol. The van der Waals surface area contributed by atoms with E-state index in [2.05, 4.69) is 20.8 Å². The number of thiophene rings is 1. The van der Waals surface area contributed by atoms with Crippen LogP contribution in [0.4, 0.5) is 5.13 Å². The topological polar surface area (TPSA) is 97.1 Å². The van der Waals surface area contributed by atoms with Crippen LogP contribution in [-0.4, -0.2) is 22.0 Å². The molecular formula is C19H22N4O3S2. The fourth-order valence-corrected chi connectivity index (χ4v) is 4.83. The summed E-state index contributed by atoms with van der Waals surface area (Å²) in [5.74, 6) is 0.0655. The van der Waals surface area contributed by atoms with Gasteiger partial charge in [-0.15, -0.1) is 22.7 Å². The molecule has 0 aliphatic rings. The molecule has 1 atom stereocenters. The average molecular weight is 419 g/mol. The number of aryl methyl sites for hydroxylation is 3. The van der Waals surface area contributed by atoms with Crippen LogP contribution >= 0.6 is 22.7 Å². The summed E-state index contributed by atoms with van der Waals surface area (Å²) in [5.41, 5.74) is 2.39. The zero-order chi connectivity index (χ0) is 20.4. The lowest BCUT2D eigenvalue weighted by Gasteiger charge is -2.10. The van der Waals surface area contributed by atoms with Gasteiger partial charge in [0.2, 0.25) is 11.8 Å². The first-order valence-corrected chi connectivity index (χ1v) is 10.4. The summed E-state index contributed by atoms with van der Waals surface area (Å²) in [6.45, 7) is 9.44. The molecule has 3 rings (SSSR count). The van der Waals surface area contributed by atoms with Gasteiger partial charge in [0.05, 0.1) is 28.7 Å². The Bertz CT molecular complexity index is 999. The maximum Gasteiger partial charge on any atom is 0.233 e. The summed E-state index contributed by atoms with van der Waals surface area (Å²) in [6, 6.07) is 3.97. The normalized spacial score (nSPS) is 12.0. The first-order chi connectivity index (χ1) is 13.3. The molecule has 0 bridgehead atoms. The van der Waals surface area contributed by atoms with Gasteiger partial charge in [0.25, 0.3) is 0 Å². The molecule has 148 valence electrons. The van der Waals surface area contributed by atoms with Gasteiger partial charge in [-0.3, -0.25) is 9.59 Å². The number of rotatable bonds is 6. The summed E-state index contributed by atoms with van der Waals surface area (Å²) >= 11 is 3.02. The Morgan fingerprint density at radius 3 is 2.61 bits per heavy atom. The number of carbonyl (C=O) groups is 2. The van der Waals surface area contributed by atoms with Crippen molar-refractivity contribution in [3.63, 3.8) is 0 Å². The third kappa shape index (κ3) is 4.31. The lowest BCUT2D eigenvalue weighted by molar-refractivity contribution is -0.119. The van der Waals surface area contributed by atoms with E-state index in [9.17, 15) is 9.59 Å². The Morgan fingerprint density at radius 1 is 1.21 bits per heavy atom. The fourth-order valence-electron chi connectivity index (χ4n) is 2.94. The lowest BCUT2D eigenvalue weighted by Crippen LogP contribution is -2.19. The minimum atomic E-state index is -0.384. The quantitative estimate of drug-likeness (QED) is 0.626. The zero-order valence-corrected chi connectivity index (χ0v) is 18.0. The van der Waals surface area contributed by atoms with Crippen LogP contribution in [0.15, 0.2) is 16.7 Å². The van der Waals surface area contributed by atoms with Gasteiger partial charge in [-0.2, -0.15) is 0 Å². The van der Waals surface area contributed by atoms with E-state index in [-0.39, 0.29) is 17.7 Å². The third-order valence-corrected chi connectivity index (χ3v) is 6.33. The summed E-state index contributed by atoms with van der Waals surface area (Å²) in [7, 11) is 0. The van der Waals surface area contributed by atoms with Gasteiger partial charge >= 0.3 is 0 Å². The van der Waals surface area contributed by atoms with Gasteiger partial charge in [-0.25, -0.2) is 4.98 Å². The standard InChI is InChI=1S/C19H22N4O3S2/c1-9(16-10(2)23-26-11(16)3)18(25)22-19-21-17(12(4)27-19)15-7-6-14(28-15)8-20-13(5)24/h6-7,9H,8H2,1-5H3,(H,20,24)(H,21,22,25). The number of nitrogens with zero attached hydrogens (tertiary/aromatic N) is 2. The van der Waals surface area contributed by atoms with Crippen molar-refractivity contribution in [3.05, 3.63) is 38.9 Å². The molecule has 3 aromatic rings. The number of hydrogen-bond acceptors (Lipinski definition) is 7. The molecule has 0 aromatic carbocycles. The van der Waals surface area contributed by atoms with Gasteiger partial charge in [-0.05, 0) is 39.8 Å². The molecule has 0 saturated carbocycles. The van der Waals surface area contributed by atoms with Crippen molar-refractivity contribution in [2.24, 2.45) is 0 Å². The van der Waals surface area contributed by atoms with Crippen LogP contribution in [0.3, 0.4) is 0 Å². The summed E-state index contributed by atoms with van der Waals surface area (Å²) in [4.78, 5) is 31.4. The number of anilines is 1. The molecule has 1 unspecified atom stereocenters. The Kier molecular flexibility index (Phi) is 5.95. The predicted molar refractivity (Wildman–Crippen MR) is 111 cm³/mol. The molecule has 7 nitrogen and oxygen atoms in total. The van der Waals surface area contributed by atoms with Crippen molar-refractivity contribution in [1.82, 2.24) is 15.5 Å². The molecule has 0 aliphatic carbocycles. The lowest BCUT2D eigenvalue weighted by atomic mass is 9.99. The minimum Gasteiger partial charge on any atom is -0.361 e. The van der Waals surface area contributed by atoms with E-state index in [1.807, 2.05) is 32.9 Å². The Morgan fingerprint density at radius 2 is 1.96 bits per heavy atom. The van der Waals surface area contributed by atoms with Gasteiger partial charge in [0.15, 0.2) is 5.13 Å². The number of nitrogens with one attached hydrogen (secondary N) is 2.